The van der Waals surface area contributed by atoms with Crippen molar-refractivity contribution in [2.24, 2.45) is 0 Å². The zero-order valence-corrected chi connectivity index (χ0v) is 8.24. The molecule has 0 unspecified atom stereocenters. The highest BCUT2D eigenvalue weighted by Crippen LogP contribution is 2.17. The molecule has 0 aliphatic heterocycles. The molecule has 0 spiro atoms. The average molecular weight is 205 g/mol. The summed E-state index contributed by atoms with van der Waals surface area (Å²) in [6.45, 7) is 0.531. The Labute approximate surface area is 87.6 Å². The predicted octanol–water partition coefficient (Wildman–Crippen LogP) is 0.661. The molecule has 4 nitrogen and oxygen atoms in total. The number of aromatic carboxylic acids is 1. The Morgan fingerprint density at radius 3 is 2.87 bits per heavy atom. The monoisotopic (exact) mass is 205 g/mol. The fraction of sp³-hybridized carbons (Fsp3) is 0.182. The second-order valence-electron chi connectivity index (χ2n) is 2.87. The van der Waals surface area contributed by atoms with E-state index in [4.69, 9.17) is 5.11 Å². The van der Waals surface area contributed by atoms with Crippen LogP contribution in [0, 0.1) is 11.8 Å². The first kappa shape index (κ1) is 11.1. The van der Waals surface area contributed by atoms with Gasteiger partial charge in [-0.15, -0.1) is 0 Å². The number of hydrogen-bond donors (Lipinski definition) is 3. The van der Waals surface area contributed by atoms with Gasteiger partial charge in [0.1, 0.15) is 11.3 Å². The molecule has 0 aliphatic rings. The number of carboxylic acids is 1. The molecule has 0 bridgehead atoms. The van der Waals surface area contributed by atoms with Gasteiger partial charge in [-0.05, 0) is 25.2 Å². The van der Waals surface area contributed by atoms with E-state index in [2.05, 4.69) is 17.2 Å². The van der Waals surface area contributed by atoms with E-state index in [1.165, 1.54) is 12.1 Å². The largest absolute Gasteiger partial charge is 0.507 e. The van der Waals surface area contributed by atoms with E-state index in [0.29, 0.717) is 12.1 Å². The lowest BCUT2D eigenvalue weighted by atomic mass is 10.1. The van der Waals surface area contributed by atoms with Crippen LogP contribution in [-0.4, -0.2) is 29.8 Å². The predicted molar refractivity (Wildman–Crippen MR) is 55.9 cm³/mol. The van der Waals surface area contributed by atoms with Crippen molar-refractivity contribution in [3.05, 3.63) is 29.3 Å². The Bertz CT molecular complexity index is 429. The third-order valence-corrected chi connectivity index (χ3v) is 1.72. The maximum absolute atomic E-state index is 10.7. The van der Waals surface area contributed by atoms with Gasteiger partial charge in [-0.3, -0.25) is 0 Å². The summed E-state index contributed by atoms with van der Waals surface area (Å²) in [6, 6.07) is 4.25. The van der Waals surface area contributed by atoms with Crippen molar-refractivity contribution in [2.75, 3.05) is 13.6 Å². The number of nitrogens with one attached hydrogen (secondary N) is 1. The second-order valence-corrected chi connectivity index (χ2v) is 2.87. The lowest BCUT2D eigenvalue weighted by Gasteiger charge is -1.99. The van der Waals surface area contributed by atoms with Crippen molar-refractivity contribution >= 4 is 5.97 Å². The summed E-state index contributed by atoms with van der Waals surface area (Å²) >= 11 is 0. The van der Waals surface area contributed by atoms with Gasteiger partial charge in [0.2, 0.25) is 0 Å². The molecule has 78 valence electrons. The number of hydrogen-bond acceptors (Lipinski definition) is 3. The third-order valence-electron chi connectivity index (χ3n) is 1.72. The van der Waals surface area contributed by atoms with Crippen molar-refractivity contribution in [2.45, 2.75) is 0 Å². The maximum Gasteiger partial charge on any atom is 0.339 e. The molecule has 3 N–H and O–H groups in total. The van der Waals surface area contributed by atoms with E-state index in [1.807, 2.05) is 0 Å². The van der Waals surface area contributed by atoms with E-state index in [-0.39, 0.29) is 11.3 Å². The third kappa shape index (κ3) is 3.01. The molecule has 0 fully saturated rings. The number of carbonyl (C=O) groups is 1. The number of aromatic hydroxyl groups is 1. The van der Waals surface area contributed by atoms with E-state index in [1.54, 1.807) is 13.1 Å². The van der Waals surface area contributed by atoms with Crippen molar-refractivity contribution < 1.29 is 15.0 Å². The lowest BCUT2D eigenvalue weighted by molar-refractivity contribution is 0.0693. The van der Waals surface area contributed by atoms with Crippen LogP contribution in [0.4, 0.5) is 0 Å². The Hall–Kier alpha value is -1.99. The minimum atomic E-state index is -1.16. The van der Waals surface area contributed by atoms with E-state index in [0.717, 1.165) is 0 Å². The second kappa shape index (κ2) is 5.03. The summed E-state index contributed by atoms with van der Waals surface area (Å²) in [7, 11) is 1.77. The smallest absolute Gasteiger partial charge is 0.339 e. The van der Waals surface area contributed by atoms with Crippen molar-refractivity contribution in [1.82, 2.24) is 5.32 Å². The quantitative estimate of drug-likeness (QED) is 0.620. The van der Waals surface area contributed by atoms with Crippen LogP contribution in [0.15, 0.2) is 18.2 Å². The van der Waals surface area contributed by atoms with Gasteiger partial charge in [0.15, 0.2) is 0 Å². The molecule has 4 heteroatoms. The molecule has 0 saturated heterocycles. The van der Waals surface area contributed by atoms with Gasteiger partial charge in [0.25, 0.3) is 0 Å². The molecule has 1 aromatic carbocycles. The Morgan fingerprint density at radius 2 is 2.27 bits per heavy atom. The highest BCUT2D eigenvalue weighted by atomic mass is 16.4. The summed E-state index contributed by atoms with van der Waals surface area (Å²) in [6.07, 6.45) is 0. The maximum atomic E-state index is 10.7. The highest BCUT2D eigenvalue weighted by Gasteiger charge is 2.08. The number of carboxylic acid groups (broad SMARTS) is 1. The zero-order valence-electron chi connectivity index (χ0n) is 8.24. The normalized spacial score (nSPS) is 9.13. The molecule has 0 heterocycles. The van der Waals surface area contributed by atoms with Crippen LogP contribution in [0.1, 0.15) is 15.9 Å². The van der Waals surface area contributed by atoms with Gasteiger partial charge in [0.05, 0.1) is 6.54 Å². The summed E-state index contributed by atoms with van der Waals surface area (Å²) < 4.78 is 0. The van der Waals surface area contributed by atoms with Crippen LogP contribution in [-0.2, 0) is 0 Å². The molecule has 1 rings (SSSR count). The molecule has 0 radical (unpaired) electrons. The number of rotatable bonds is 2. The van der Waals surface area contributed by atoms with Crippen LogP contribution in [0.5, 0.6) is 5.75 Å². The van der Waals surface area contributed by atoms with E-state index >= 15 is 0 Å². The van der Waals surface area contributed by atoms with Gasteiger partial charge in [0, 0.05) is 5.56 Å². The van der Waals surface area contributed by atoms with Crippen LogP contribution in [0.2, 0.25) is 0 Å². The number of phenols is 1. The highest BCUT2D eigenvalue weighted by molar-refractivity contribution is 5.91. The van der Waals surface area contributed by atoms with Gasteiger partial charge in [-0.2, -0.15) is 0 Å². The molecule has 0 aliphatic carbocycles. The minimum Gasteiger partial charge on any atom is -0.507 e. The molecular formula is C11H11NO3. The fourth-order valence-electron chi connectivity index (χ4n) is 1.02. The molecule has 0 atom stereocenters. The Kier molecular flexibility index (Phi) is 3.72. The summed E-state index contributed by atoms with van der Waals surface area (Å²) in [5.74, 6) is 4.17. The summed E-state index contributed by atoms with van der Waals surface area (Å²) in [4.78, 5) is 10.7. The molecule has 1 aromatic rings. The van der Waals surface area contributed by atoms with Gasteiger partial charge < -0.3 is 15.5 Å². The molecule has 0 amide bonds. The first-order valence-corrected chi connectivity index (χ1v) is 4.35. The first-order chi connectivity index (χ1) is 7.15. The minimum absolute atomic E-state index is 0.133. The zero-order chi connectivity index (χ0) is 11.3. The van der Waals surface area contributed by atoms with E-state index in [9.17, 15) is 9.90 Å². The molecule has 0 saturated carbocycles. The average Bonchev–Trinajstić information content (AvgIpc) is 2.20. The molecule has 15 heavy (non-hydrogen) atoms. The summed E-state index contributed by atoms with van der Waals surface area (Å²) in [5, 5.41) is 20.8. The molecule has 0 aromatic heterocycles. The van der Waals surface area contributed by atoms with Gasteiger partial charge in [-0.25, -0.2) is 4.79 Å². The van der Waals surface area contributed by atoms with Crippen LogP contribution < -0.4 is 5.32 Å². The van der Waals surface area contributed by atoms with Crippen molar-refractivity contribution in [1.29, 1.82) is 0 Å². The topological polar surface area (TPSA) is 69.6 Å². The SMILES string of the molecule is CNCC#Cc1ccc(O)c(C(=O)O)c1. The van der Waals surface area contributed by atoms with Crippen LogP contribution in [0.25, 0.3) is 0 Å². The fourth-order valence-corrected chi connectivity index (χ4v) is 1.02. The van der Waals surface area contributed by atoms with E-state index < -0.39 is 5.97 Å². The first-order valence-electron chi connectivity index (χ1n) is 4.35. The number of benzene rings is 1. The van der Waals surface area contributed by atoms with Crippen LogP contribution in [0.3, 0.4) is 0 Å². The van der Waals surface area contributed by atoms with Crippen molar-refractivity contribution in [3.63, 3.8) is 0 Å². The molecular weight excluding hydrogens is 194 g/mol. The van der Waals surface area contributed by atoms with Crippen LogP contribution >= 0.6 is 0 Å². The van der Waals surface area contributed by atoms with Gasteiger partial charge in [-0.1, -0.05) is 11.8 Å². The van der Waals surface area contributed by atoms with Crippen molar-refractivity contribution in [3.8, 4) is 17.6 Å². The summed E-state index contributed by atoms with van der Waals surface area (Å²) in [5.41, 5.74) is 0.437. The standard InChI is InChI=1S/C11H11NO3/c1-12-6-2-3-8-4-5-10(13)9(7-8)11(14)15/h4-5,7,12-13H,6H2,1H3,(H,14,15). The Morgan fingerprint density at radius 1 is 1.53 bits per heavy atom. The Balaban J connectivity index is 2.99. The lowest BCUT2D eigenvalue weighted by Crippen LogP contribution is -2.04. The van der Waals surface area contributed by atoms with Gasteiger partial charge >= 0.3 is 5.97 Å².